The van der Waals surface area contributed by atoms with Crippen molar-refractivity contribution in [2.24, 2.45) is 0 Å². The lowest BCUT2D eigenvalue weighted by atomic mass is 10.4. The van der Waals surface area contributed by atoms with Crippen LogP contribution in [0.3, 0.4) is 0 Å². The number of aryl methyl sites for hydroxylation is 1. The normalized spacial score (nSPS) is 18.7. The first-order valence-corrected chi connectivity index (χ1v) is 6.09. The van der Waals surface area contributed by atoms with Crippen molar-refractivity contribution in [2.45, 2.75) is 19.9 Å². The van der Waals surface area contributed by atoms with Gasteiger partial charge in [0.1, 0.15) is 0 Å². The predicted octanol–water partition coefficient (Wildman–Crippen LogP) is -0.0297. The SMILES string of the molecule is Cc1nnc(CN2CCCN(CC(=O)O)CC2)o1. The zero-order valence-electron chi connectivity index (χ0n) is 10.5. The Balaban J connectivity index is 1.83. The molecule has 2 rings (SSSR count). The Kier molecular flexibility index (Phi) is 4.27. The summed E-state index contributed by atoms with van der Waals surface area (Å²) in [5.41, 5.74) is 0. The molecule has 100 valence electrons. The number of carboxylic acid groups (broad SMARTS) is 1. The number of hydrogen-bond donors (Lipinski definition) is 1. The van der Waals surface area contributed by atoms with Gasteiger partial charge in [0, 0.05) is 26.6 Å². The summed E-state index contributed by atoms with van der Waals surface area (Å²) in [4.78, 5) is 14.8. The molecule has 1 fully saturated rings. The quantitative estimate of drug-likeness (QED) is 0.807. The minimum Gasteiger partial charge on any atom is -0.480 e. The summed E-state index contributed by atoms with van der Waals surface area (Å²) in [6.45, 7) is 5.88. The highest BCUT2D eigenvalue weighted by molar-refractivity contribution is 5.69. The lowest BCUT2D eigenvalue weighted by molar-refractivity contribution is -0.138. The fraction of sp³-hybridized carbons (Fsp3) is 0.727. The van der Waals surface area contributed by atoms with Crippen LogP contribution in [-0.2, 0) is 11.3 Å². The van der Waals surface area contributed by atoms with Crippen LogP contribution in [0, 0.1) is 6.92 Å². The number of hydrogen-bond acceptors (Lipinski definition) is 6. The van der Waals surface area contributed by atoms with Crippen LogP contribution in [0.1, 0.15) is 18.2 Å². The minimum absolute atomic E-state index is 0.119. The van der Waals surface area contributed by atoms with E-state index < -0.39 is 5.97 Å². The Morgan fingerprint density at radius 3 is 2.67 bits per heavy atom. The van der Waals surface area contributed by atoms with Crippen LogP contribution in [0.5, 0.6) is 0 Å². The molecule has 0 unspecified atom stereocenters. The topological polar surface area (TPSA) is 82.7 Å². The Morgan fingerprint density at radius 1 is 1.28 bits per heavy atom. The highest BCUT2D eigenvalue weighted by Gasteiger charge is 2.18. The van der Waals surface area contributed by atoms with Gasteiger partial charge in [-0.3, -0.25) is 14.6 Å². The van der Waals surface area contributed by atoms with E-state index >= 15 is 0 Å². The molecule has 0 spiro atoms. The first-order valence-electron chi connectivity index (χ1n) is 6.09. The number of carbonyl (C=O) groups is 1. The van der Waals surface area contributed by atoms with Gasteiger partial charge in [0.2, 0.25) is 11.8 Å². The molecule has 18 heavy (non-hydrogen) atoms. The monoisotopic (exact) mass is 254 g/mol. The van der Waals surface area contributed by atoms with Crippen LogP contribution < -0.4 is 0 Å². The third-order valence-corrected chi connectivity index (χ3v) is 2.97. The molecule has 1 aromatic heterocycles. The molecule has 0 aromatic carbocycles. The second-order valence-electron chi connectivity index (χ2n) is 4.51. The van der Waals surface area contributed by atoms with Crippen molar-refractivity contribution in [2.75, 3.05) is 32.7 Å². The van der Waals surface area contributed by atoms with Crippen molar-refractivity contribution in [1.82, 2.24) is 20.0 Å². The molecule has 0 bridgehead atoms. The summed E-state index contributed by atoms with van der Waals surface area (Å²) in [5.74, 6) is 0.433. The van der Waals surface area contributed by atoms with Crippen LogP contribution >= 0.6 is 0 Å². The Morgan fingerprint density at radius 2 is 2.00 bits per heavy atom. The fourth-order valence-electron chi connectivity index (χ4n) is 2.12. The Labute approximate surface area is 105 Å². The van der Waals surface area contributed by atoms with E-state index in [1.165, 1.54) is 0 Å². The van der Waals surface area contributed by atoms with Crippen LogP contribution in [0.15, 0.2) is 4.42 Å². The van der Waals surface area contributed by atoms with Gasteiger partial charge < -0.3 is 9.52 Å². The lowest BCUT2D eigenvalue weighted by Gasteiger charge is -2.19. The minimum atomic E-state index is -0.768. The van der Waals surface area contributed by atoms with Gasteiger partial charge in [0.15, 0.2) is 0 Å². The zero-order valence-corrected chi connectivity index (χ0v) is 10.5. The average Bonchev–Trinajstić information content (AvgIpc) is 2.57. The first kappa shape index (κ1) is 13.0. The summed E-state index contributed by atoms with van der Waals surface area (Å²) in [6.07, 6.45) is 0.959. The maximum Gasteiger partial charge on any atom is 0.317 e. The molecule has 1 aliphatic heterocycles. The van der Waals surface area contributed by atoms with Gasteiger partial charge in [-0.05, 0) is 13.0 Å². The van der Waals surface area contributed by atoms with E-state index in [0.717, 1.165) is 32.6 Å². The van der Waals surface area contributed by atoms with Crippen molar-refractivity contribution >= 4 is 5.97 Å². The summed E-state index contributed by atoms with van der Waals surface area (Å²) in [5, 5.41) is 16.5. The number of aliphatic carboxylic acids is 1. The molecule has 1 aromatic rings. The third kappa shape index (κ3) is 3.78. The molecule has 2 heterocycles. The van der Waals surface area contributed by atoms with Gasteiger partial charge in [-0.25, -0.2) is 0 Å². The maximum absolute atomic E-state index is 10.7. The molecule has 0 radical (unpaired) electrons. The Hall–Kier alpha value is -1.47. The van der Waals surface area contributed by atoms with E-state index in [1.807, 2.05) is 4.90 Å². The van der Waals surface area contributed by atoms with Crippen LogP contribution in [-0.4, -0.2) is 63.8 Å². The molecule has 0 amide bonds. The molecule has 0 saturated carbocycles. The summed E-state index contributed by atoms with van der Waals surface area (Å²) < 4.78 is 5.35. The molecule has 7 heteroatoms. The average molecular weight is 254 g/mol. The highest BCUT2D eigenvalue weighted by Crippen LogP contribution is 2.08. The highest BCUT2D eigenvalue weighted by atomic mass is 16.4. The zero-order chi connectivity index (χ0) is 13.0. The van der Waals surface area contributed by atoms with Crippen LogP contribution in [0.4, 0.5) is 0 Å². The largest absolute Gasteiger partial charge is 0.480 e. The molecular weight excluding hydrogens is 236 g/mol. The summed E-state index contributed by atoms with van der Waals surface area (Å²) in [6, 6.07) is 0. The second-order valence-corrected chi connectivity index (χ2v) is 4.51. The molecular formula is C11H18N4O3. The summed E-state index contributed by atoms with van der Waals surface area (Å²) >= 11 is 0. The van der Waals surface area contributed by atoms with E-state index in [-0.39, 0.29) is 6.54 Å². The van der Waals surface area contributed by atoms with Crippen molar-refractivity contribution < 1.29 is 14.3 Å². The molecule has 0 aliphatic carbocycles. The summed E-state index contributed by atoms with van der Waals surface area (Å²) in [7, 11) is 0. The van der Waals surface area contributed by atoms with Crippen molar-refractivity contribution in [3.63, 3.8) is 0 Å². The van der Waals surface area contributed by atoms with Gasteiger partial charge >= 0.3 is 5.97 Å². The maximum atomic E-state index is 10.7. The van der Waals surface area contributed by atoms with Crippen LogP contribution in [0.25, 0.3) is 0 Å². The first-order chi connectivity index (χ1) is 8.63. The van der Waals surface area contributed by atoms with Gasteiger partial charge in [-0.15, -0.1) is 10.2 Å². The standard InChI is InChI=1S/C11H18N4O3/c1-9-12-13-10(18-9)7-14-3-2-4-15(6-5-14)8-11(16)17/h2-8H2,1H3,(H,16,17). The van der Waals surface area contributed by atoms with Crippen molar-refractivity contribution in [3.05, 3.63) is 11.8 Å². The molecule has 0 atom stereocenters. The van der Waals surface area contributed by atoms with Gasteiger partial charge in [0.25, 0.3) is 0 Å². The number of rotatable bonds is 4. The second kappa shape index (κ2) is 5.92. The van der Waals surface area contributed by atoms with Crippen LogP contribution in [0.2, 0.25) is 0 Å². The molecule has 1 aliphatic rings. The van der Waals surface area contributed by atoms with Gasteiger partial charge in [0.05, 0.1) is 13.1 Å². The van der Waals surface area contributed by atoms with E-state index in [4.69, 9.17) is 9.52 Å². The van der Waals surface area contributed by atoms with Gasteiger partial charge in [-0.2, -0.15) is 0 Å². The van der Waals surface area contributed by atoms with Crippen molar-refractivity contribution in [3.8, 4) is 0 Å². The lowest BCUT2D eigenvalue weighted by Crippen LogP contribution is -2.34. The van der Waals surface area contributed by atoms with E-state index in [2.05, 4.69) is 15.1 Å². The predicted molar refractivity (Wildman–Crippen MR) is 63.0 cm³/mol. The van der Waals surface area contributed by atoms with Gasteiger partial charge in [-0.1, -0.05) is 0 Å². The van der Waals surface area contributed by atoms with E-state index in [0.29, 0.717) is 18.3 Å². The fourth-order valence-corrected chi connectivity index (χ4v) is 2.12. The molecule has 7 nitrogen and oxygen atoms in total. The van der Waals surface area contributed by atoms with E-state index in [1.54, 1.807) is 6.92 Å². The van der Waals surface area contributed by atoms with Crippen molar-refractivity contribution in [1.29, 1.82) is 0 Å². The molecule has 1 saturated heterocycles. The third-order valence-electron chi connectivity index (χ3n) is 2.97. The smallest absolute Gasteiger partial charge is 0.317 e. The molecule has 1 N–H and O–H groups in total. The Bertz CT molecular complexity index is 407. The number of carboxylic acids is 1. The number of aromatic nitrogens is 2. The van der Waals surface area contributed by atoms with E-state index in [9.17, 15) is 4.79 Å². The number of nitrogens with zero attached hydrogens (tertiary/aromatic N) is 4.